The molecule has 0 bridgehead atoms. The van der Waals surface area contributed by atoms with Crippen LogP contribution in [0.2, 0.25) is 0 Å². The molecule has 1 aliphatic rings. The summed E-state index contributed by atoms with van der Waals surface area (Å²) >= 11 is 0. The van der Waals surface area contributed by atoms with E-state index in [1.54, 1.807) is 54.2 Å². The molecule has 1 amide bonds. The quantitative estimate of drug-likeness (QED) is 0.706. The van der Waals surface area contributed by atoms with Gasteiger partial charge in [0.25, 0.3) is 5.91 Å². The number of hydrogen-bond donors (Lipinski definition) is 1. The lowest BCUT2D eigenvalue weighted by Crippen LogP contribution is -2.18. The van der Waals surface area contributed by atoms with Gasteiger partial charge >= 0.3 is 0 Å². The summed E-state index contributed by atoms with van der Waals surface area (Å²) in [6.07, 6.45) is 0. The molecule has 29 heavy (non-hydrogen) atoms. The summed E-state index contributed by atoms with van der Waals surface area (Å²) in [4.78, 5) is 13.3. The number of nitrogens with zero attached hydrogens (tertiary/aromatic N) is 2. The minimum absolute atomic E-state index is 0.0606. The summed E-state index contributed by atoms with van der Waals surface area (Å²) in [5.74, 6) is 0.177. The summed E-state index contributed by atoms with van der Waals surface area (Å²) in [5.41, 5.74) is 2.01. The van der Waals surface area contributed by atoms with Gasteiger partial charge in [-0.05, 0) is 18.2 Å². The number of hydrogen-bond acceptors (Lipinski definition) is 6. The van der Waals surface area contributed by atoms with Crippen molar-refractivity contribution < 1.29 is 22.7 Å². The molecule has 4 rings (SSSR count). The zero-order valence-electron chi connectivity index (χ0n) is 16.1. The first kappa shape index (κ1) is 19.0. The maximum absolute atomic E-state index is 13.0. The van der Waals surface area contributed by atoms with E-state index in [1.807, 2.05) is 0 Å². The highest BCUT2D eigenvalue weighted by Gasteiger charge is 2.34. The topological polar surface area (TPSA) is 99.5 Å². The lowest BCUT2D eigenvalue weighted by atomic mass is 10.1. The molecule has 0 saturated heterocycles. The van der Waals surface area contributed by atoms with Gasteiger partial charge in [0.15, 0.2) is 15.5 Å². The van der Waals surface area contributed by atoms with Crippen LogP contribution in [0.5, 0.6) is 11.5 Å². The second-order valence-electron chi connectivity index (χ2n) is 6.57. The van der Waals surface area contributed by atoms with Gasteiger partial charge < -0.3 is 14.8 Å². The van der Waals surface area contributed by atoms with Crippen LogP contribution in [0.15, 0.2) is 47.4 Å². The van der Waals surface area contributed by atoms with Crippen LogP contribution in [-0.4, -0.2) is 38.3 Å². The number of benzene rings is 2. The van der Waals surface area contributed by atoms with Crippen LogP contribution < -0.4 is 14.8 Å². The molecule has 3 aromatic rings. The average Bonchev–Trinajstić information content (AvgIpc) is 3.03. The third kappa shape index (κ3) is 3.13. The number of aryl methyl sites for hydroxylation is 1. The van der Waals surface area contributed by atoms with Crippen molar-refractivity contribution in [3.63, 3.8) is 0 Å². The van der Waals surface area contributed by atoms with E-state index >= 15 is 0 Å². The first-order chi connectivity index (χ1) is 13.9. The predicted molar refractivity (Wildman–Crippen MR) is 107 cm³/mol. The Labute approximate surface area is 168 Å². The molecule has 0 spiro atoms. The molecule has 9 heteroatoms. The zero-order valence-corrected chi connectivity index (χ0v) is 16.9. The molecule has 2 aromatic carbocycles. The highest BCUT2D eigenvalue weighted by Crippen LogP contribution is 2.39. The van der Waals surface area contributed by atoms with Crippen molar-refractivity contribution in [2.45, 2.75) is 10.6 Å². The average molecular weight is 413 g/mol. The molecule has 0 aliphatic carbocycles. The number of carbonyl (C=O) groups excluding carboxylic acids is 1. The first-order valence-corrected chi connectivity index (χ1v) is 10.4. The van der Waals surface area contributed by atoms with E-state index in [0.29, 0.717) is 34.0 Å². The number of amides is 1. The van der Waals surface area contributed by atoms with Crippen molar-refractivity contribution in [1.29, 1.82) is 0 Å². The maximum atomic E-state index is 13.0. The summed E-state index contributed by atoms with van der Waals surface area (Å²) in [5, 5.41) is 7.07. The number of anilines is 1. The number of nitrogens with one attached hydrogen (secondary N) is 1. The Balaban J connectivity index is 1.79. The normalized spacial score (nSPS) is 13.9. The van der Waals surface area contributed by atoms with E-state index < -0.39 is 15.7 Å². The fourth-order valence-corrected chi connectivity index (χ4v) is 5.11. The largest absolute Gasteiger partial charge is 0.497 e. The Bertz CT molecular complexity index is 1230. The lowest BCUT2D eigenvalue weighted by molar-refractivity contribution is 0.102. The SMILES string of the molecule is COc1ccc(OC)c(NC(=O)c2nn(C)c3c2CS(=O)(=O)c2ccccc2-3)c1. The molecular weight excluding hydrogens is 394 g/mol. The number of aromatic nitrogens is 2. The smallest absolute Gasteiger partial charge is 0.276 e. The van der Waals surface area contributed by atoms with E-state index in [0.717, 1.165) is 0 Å². The van der Waals surface area contributed by atoms with Crippen LogP contribution in [0.4, 0.5) is 5.69 Å². The Morgan fingerprint density at radius 2 is 1.90 bits per heavy atom. The van der Waals surface area contributed by atoms with Gasteiger partial charge in [0.2, 0.25) is 0 Å². The van der Waals surface area contributed by atoms with Crippen molar-refractivity contribution in [3.8, 4) is 22.8 Å². The molecule has 0 radical (unpaired) electrons. The zero-order chi connectivity index (χ0) is 20.8. The van der Waals surface area contributed by atoms with E-state index in [9.17, 15) is 13.2 Å². The minimum atomic E-state index is -3.57. The van der Waals surface area contributed by atoms with Gasteiger partial charge in [-0.25, -0.2) is 8.42 Å². The Hall–Kier alpha value is -3.33. The minimum Gasteiger partial charge on any atom is -0.497 e. The van der Waals surface area contributed by atoms with E-state index in [-0.39, 0.29) is 16.3 Å². The molecule has 8 nitrogen and oxygen atoms in total. The summed E-state index contributed by atoms with van der Waals surface area (Å²) in [7, 11) is 1.13. The number of ether oxygens (including phenoxy) is 2. The Morgan fingerprint density at radius 1 is 1.14 bits per heavy atom. The fraction of sp³-hybridized carbons (Fsp3) is 0.200. The number of fused-ring (bicyclic) bond motifs is 3. The fourth-order valence-electron chi connectivity index (χ4n) is 3.52. The monoisotopic (exact) mass is 413 g/mol. The third-order valence-electron chi connectivity index (χ3n) is 4.83. The van der Waals surface area contributed by atoms with E-state index in [1.165, 1.54) is 14.2 Å². The van der Waals surface area contributed by atoms with Crippen molar-refractivity contribution in [1.82, 2.24) is 9.78 Å². The summed E-state index contributed by atoms with van der Waals surface area (Å²) in [6.45, 7) is 0. The molecule has 1 aliphatic heterocycles. The first-order valence-electron chi connectivity index (χ1n) is 8.77. The van der Waals surface area contributed by atoms with Gasteiger partial charge in [-0.2, -0.15) is 5.10 Å². The van der Waals surface area contributed by atoms with Gasteiger partial charge in [-0.1, -0.05) is 18.2 Å². The van der Waals surface area contributed by atoms with Crippen molar-refractivity contribution in [2.75, 3.05) is 19.5 Å². The van der Waals surface area contributed by atoms with Gasteiger partial charge in [0, 0.05) is 24.2 Å². The highest BCUT2D eigenvalue weighted by molar-refractivity contribution is 7.90. The van der Waals surface area contributed by atoms with Crippen LogP contribution in [0.3, 0.4) is 0 Å². The van der Waals surface area contributed by atoms with Gasteiger partial charge in [-0.15, -0.1) is 0 Å². The standard InChI is InChI=1S/C20H19N3O5S/c1-23-19-13-6-4-5-7-17(13)29(25,26)11-14(19)18(22-23)20(24)21-15-10-12(27-2)8-9-16(15)28-3/h4-10H,11H2,1-3H3,(H,21,24). The van der Waals surface area contributed by atoms with Gasteiger partial charge in [0.05, 0.1) is 36.2 Å². The van der Waals surface area contributed by atoms with Crippen LogP contribution >= 0.6 is 0 Å². The van der Waals surface area contributed by atoms with E-state index in [4.69, 9.17) is 9.47 Å². The van der Waals surface area contributed by atoms with Crippen molar-refractivity contribution >= 4 is 21.4 Å². The number of carbonyl (C=O) groups is 1. The third-order valence-corrected chi connectivity index (χ3v) is 6.52. The molecule has 1 aromatic heterocycles. The second-order valence-corrected chi connectivity index (χ2v) is 8.53. The van der Waals surface area contributed by atoms with Crippen LogP contribution in [0.1, 0.15) is 16.1 Å². The van der Waals surface area contributed by atoms with Crippen molar-refractivity contribution in [2.24, 2.45) is 7.05 Å². The lowest BCUT2D eigenvalue weighted by Gasteiger charge is -2.18. The second kappa shape index (κ2) is 6.93. The van der Waals surface area contributed by atoms with Crippen molar-refractivity contribution in [3.05, 3.63) is 53.7 Å². The van der Waals surface area contributed by atoms with Crippen LogP contribution in [0.25, 0.3) is 11.3 Å². The molecule has 0 saturated carbocycles. The maximum Gasteiger partial charge on any atom is 0.276 e. The summed E-state index contributed by atoms with van der Waals surface area (Å²) in [6, 6.07) is 11.7. The number of sulfone groups is 1. The van der Waals surface area contributed by atoms with Gasteiger partial charge in [0.1, 0.15) is 11.5 Å². The Morgan fingerprint density at radius 3 is 2.62 bits per heavy atom. The molecule has 0 atom stereocenters. The van der Waals surface area contributed by atoms with E-state index in [2.05, 4.69) is 10.4 Å². The van der Waals surface area contributed by atoms with Gasteiger partial charge in [-0.3, -0.25) is 9.48 Å². The predicted octanol–water partition coefficient (Wildman–Crippen LogP) is 2.64. The van der Waals surface area contributed by atoms with Crippen LogP contribution in [0, 0.1) is 0 Å². The molecule has 0 fully saturated rings. The molecule has 2 heterocycles. The molecule has 1 N–H and O–H groups in total. The highest BCUT2D eigenvalue weighted by atomic mass is 32.2. The summed E-state index contributed by atoms with van der Waals surface area (Å²) < 4.78 is 37.5. The Kier molecular flexibility index (Phi) is 4.54. The number of rotatable bonds is 4. The molecule has 150 valence electrons. The van der Waals surface area contributed by atoms with Crippen LogP contribution in [-0.2, 0) is 22.6 Å². The number of methoxy groups -OCH3 is 2. The molecular formula is C20H19N3O5S. The molecule has 0 unspecified atom stereocenters.